The minimum Gasteiger partial charge on any atom is -0.325 e. The Labute approximate surface area is 125 Å². The number of sulfonamides is 1. The van der Waals surface area contributed by atoms with E-state index in [-0.39, 0.29) is 24.2 Å². The summed E-state index contributed by atoms with van der Waals surface area (Å²) in [5, 5.41) is 2.65. The van der Waals surface area contributed by atoms with Gasteiger partial charge in [-0.2, -0.15) is 0 Å². The first-order chi connectivity index (χ1) is 8.69. The molecule has 20 heavy (non-hydrogen) atoms. The van der Waals surface area contributed by atoms with Gasteiger partial charge in [0.1, 0.15) is 0 Å². The molecular formula is C12H20ClN3O3S. The summed E-state index contributed by atoms with van der Waals surface area (Å²) in [5.74, 6) is -0.274. The number of hydrogen-bond acceptors (Lipinski definition) is 4. The Balaban J connectivity index is 0.00000361. The average Bonchev–Trinajstić information content (AvgIpc) is 2.25. The number of nitrogens with one attached hydrogen (secondary N) is 2. The molecule has 0 fully saturated rings. The van der Waals surface area contributed by atoms with Crippen molar-refractivity contribution in [3.8, 4) is 0 Å². The van der Waals surface area contributed by atoms with Gasteiger partial charge in [0.25, 0.3) is 0 Å². The van der Waals surface area contributed by atoms with Crippen LogP contribution in [0.2, 0.25) is 0 Å². The van der Waals surface area contributed by atoms with Crippen LogP contribution in [0.15, 0.2) is 24.3 Å². The molecule has 1 amide bonds. The van der Waals surface area contributed by atoms with Crippen molar-refractivity contribution in [2.45, 2.75) is 19.9 Å². The summed E-state index contributed by atoms with van der Waals surface area (Å²) in [5.41, 5.74) is 6.61. The number of benzene rings is 1. The van der Waals surface area contributed by atoms with Crippen molar-refractivity contribution in [2.24, 2.45) is 11.7 Å². The Morgan fingerprint density at radius 2 is 1.80 bits per heavy atom. The molecule has 0 aliphatic heterocycles. The molecule has 1 rings (SSSR count). The summed E-state index contributed by atoms with van der Waals surface area (Å²) in [6, 6.07) is 5.83. The summed E-state index contributed by atoms with van der Waals surface area (Å²) in [7, 11) is -3.34. The summed E-state index contributed by atoms with van der Waals surface area (Å²) >= 11 is 0. The second-order valence-corrected chi connectivity index (χ2v) is 6.46. The zero-order chi connectivity index (χ0) is 14.6. The first-order valence-corrected chi connectivity index (χ1v) is 7.72. The number of nitrogens with two attached hydrogens (primary N) is 1. The van der Waals surface area contributed by atoms with Crippen LogP contribution in [0.4, 0.5) is 11.4 Å². The standard InChI is InChI=1S/C12H19N3O3S.ClH/c1-8(2)11(13)12(16)14-9-5-4-6-10(7-9)15-19(3,17)18;/h4-8,11,15H,13H2,1-3H3,(H,14,16);1H. The molecule has 0 aromatic heterocycles. The molecule has 0 saturated carbocycles. The number of anilines is 2. The maximum Gasteiger partial charge on any atom is 0.241 e. The lowest BCUT2D eigenvalue weighted by molar-refractivity contribution is -0.118. The summed E-state index contributed by atoms with van der Waals surface area (Å²) in [6.45, 7) is 3.71. The van der Waals surface area contributed by atoms with E-state index in [9.17, 15) is 13.2 Å². The first kappa shape index (κ1) is 18.7. The Morgan fingerprint density at radius 1 is 1.25 bits per heavy atom. The molecule has 0 bridgehead atoms. The van der Waals surface area contributed by atoms with Gasteiger partial charge in [-0.3, -0.25) is 9.52 Å². The van der Waals surface area contributed by atoms with Crippen LogP contribution in [0.3, 0.4) is 0 Å². The largest absolute Gasteiger partial charge is 0.325 e. The van der Waals surface area contributed by atoms with Crippen LogP contribution < -0.4 is 15.8 Å². The highest BCUT2D eigenvalue weighted by atomic mass is 35.5. The molecular weight excluding hydrogens is 302 g/mol. The van der Waals surface area contributed by atoms with Gasteiger partial charge in [0.05, 0.1) is 18.0 Å². The maximum absolute atomic E-state index is 11.8. The molecule has 8 heteroatoms. The predicted molar refractivity (Wildman–Crippen MR) is 83.6 cm³/mol. The third-order valence-corrected chi connectivity index (χ3v) is 3.06. The Hall–Kier alpha value is -1.31. The average molecular weight is 322 g/mol. The second kappa shape index (κ2) is 7.47. The van der Waals surface area contributed by atoms with Crippen molar-refractivity contribution >= 4 is 39.7 Å². The smallest absolute Gasteiger partial charge is 0.241 e. The van der Waals surface area contributed by atoms with Crippen molar-refractivity contribution in [2.75, 3.05) is 16.3 Å². The van der Waals surface area contributed by atoms with Gasteiger partial charge in [-0.25, -0.2) is 8.42 Å². The molecule has 1 atom stereocenters. The van der Waals surface area contributed by atoms with Crippen LogP contribution in [0, 0.1) is 5.92 Å². The number of halogens is 1. The van der Waals surface area contributed by atoms with E-state index in [1.807, 2.05) is 13.8 Å². The molecule has 0 spiro atoms. The zero-order valence-electron chi connectivity index (χ0n) is 11.6. The third kappa shape index (κ3) is 6.23. The topological polar surface area (TPSA) is 101 Å². The van der Waals surface area contributed by atoms with Gasteiger partial charge in [0, 0.05) is 5.69 Å². The van der Waals surface area contributed by atoms with Gasteiger partial charge >= 0.3 is 0 Å². The van der Waals surface area contributed by atoms with Crippen molar-refractivity contribution in [3.63, 3.8) is 0 Å². The van der Waals surface area contributed by atoms with E-state index in [1.165, 1.54) is 6.07 Å². The van der Waals surface area contributed by atoms with E-state index >= 15 is 0 Å². The highest BCUT2D eigenvalue weighted by molar-refractivity contribution is 7.92. The zero-order valence-corrected chi connectivity index (χ0v) is 13.2. The normalized spacial score (nSPS) is 12.4. The summed E-state index contributed by atoms with van der Waals surface area (Å²) in [4.78, 5) is 11.8. The summed E-state index contributed by atoms with van der Waals surface area (Å²) < 4.78 is 24.6. The fraction of sp³-hybridized carbons (Fsp3) is 0.417. The van der Waals surface area contributed by atoms with Crippen LogP contribution in [-0.2, 0) is 14.8 Å². The van der Waals surface area contributed by atoms with Gasteiger partial charge < -0.3 is 11.1 Å². The number of hydrogen-bond donors (Lipinski definition) is 3. The fourth-order valence-corrected chi connectivity index (χ4v) is 1.96. The quantitative estimate of drug-likeness (QED) is 0.763. The van der Waals surface area contributed by atoms with E-state index in [1.54, 1.807) is 18.2 Å². The minimum absolute atomic E-state index is 0. The van der Waals surface area contributed by atoms with Crippen molar-refractivity contribution in [1.29, 1.82) is 0 Å². The first-order valence-electron chi connectivity index (χ1n) is 5.83. The van der Waals surface area contributed by atoms with Crippen LogP contribution in [0.25, 0.3) is 0 Å². The number of carbonyl (C=O) groups is 1. The molecule has 0 saturated heterocycles. The summed E-state index contributed by atoms with van der Waals surface area (Å²) in [6.07, 6.45) is 1.06. The molecule has 114 valence electrons. The maximum atomic E-state index is 11.8. The molecule has 1 aromatic rings. The molecule has 4 N–H and O–H groups in total. The molecule has 0 aliphatic rings. The van der Waals surface area contributed by atoms with Gasteiger partial charge in [-0.15, -0.1) is 12.4 Å². The van der Waals surface area contributed by atoms with E-state index in [0.29, 0.717) is 11.4 Å². The molecule has 1 aromatic carbocycles. The van der Waals surface area contributed by atoms with Gasteiger partial charge in [-0.05, 0) is 24.1 Å². The highest BCUT2D eigenvalue weighted by Crippen LogP contribution is 2.16. The SMILES string of the molecule is CC(C)C(N)C(=O)Nc1cccc(NS(C)(=O)=O)c1.Cl. The monoisotopic (exact) mass is 321 g/mol. The Kier molecular flexibility index (Phi) is 6.98. The third-order valence-electron chi connectivity index (χ3n) is 2.45. The van der Waals surface area contributed by atoms with Crippen LogP contribution in [0.5, 0.6) is 0 Å². The molecule has 0 radical (unpaired) electrons. The van der Waals surface area contributed by atoms with E-state index in [0.717, 1.165) is 6.26 Å². The van der Waals surface area contributed by atoms with Crippen LogP contribution >= 0.6 is 12.4 Å². The van der Waals surface area contributed by atoms with E-state index in [4.69, 9.17) is 5.73 Å². The Bertz CT molecular complexity index is 561. The number of rotatable bonds is 5. The van der Waals surface area contributed by atoms with Gasteiger partial charge in [0.2, 0.25) is 15.9 Å². The lowest BCUT2D eigenvalue weighted by Gasteiger charge is -2.15. The van der Waals surface area contributed by atoms with Crippen molar-refractivity contribution in [1.82, 2.24) is 0 Å². The van der Waals surface area contributed by atoms with Gasteiger partial charge in [0.15, 0.2) is 0 Å². The molecule has 1 unspecified atom stereocenters. The minimum atomic E-state index is -3.34. The fourth-order valence-electron chi connectivity index (χ4n) is 1.40. The van der Waals surface area contributed by atoms with E-state index in [2.05, 4.69) is 10.0 Å². The van der Waals surface area contributed by atoms with E-state index < -0.39 is 16.1 Å². The molecule has 6 nitrogen and oxygen atoms in total. The molecule has 0 aliphatic carbocycles. The highest BCUT2D eigenvalue weighted by Gasteiger charge is 2.17. The number of carbonyl (C=O) groups excluding carboxylic acids is 1. The lowest BCUT2D eigenvalue weighted by Crippen LogP contribution is -2.39. The van der Waals surface area contributed by atoms with Crippen LogP contribution in [-0.4, -0.2) is 26.6 Å². The lowest BCUT2D eigenvalue weighted by atomic mass is 10.0. The number of amides is 1. The Morgan fingerprint density at radius 3 is 2.30 bits per heavy atom. The van der Waals surface area contributed by atoms with Gasteiger partial charge in [-0.1, -0.05) is 19.9 Å². The predicted octanol–water partition coefficient (Wildman–Crippen LogP) is 1.40. The molecule has 0 heterocycles. The van der Waals surface area contributed by atoms with Crippen molar-refractivity contribution < 1.29 is 13.2 Å². The van der Waals surface area contributed by atoms with Crippen LogP contribution in [0.1, 0.15) is 13.8 Å². The van der Waals surface area contributed by atoms with Crippen molar-refractivity contribution in [3.05, 3.63) is 24.3 Å². The second-order valence-electron chi connectivity index (χ2n) is 4.71.